The van der Waals surface area contributed by atoms with Crippen LogP contribution in [0.1, 0.15) is 12.5 Å². The summed E-state index contributed by atoms with van der Waals surface area (Å²) >= 11 is 0. The van der Waals surface area contributed by atoms with Gasteiger partial charge < -0.3 is 4.74 Å². The van der Waals surface area contributed by atoms with Crippen LogP contribution in [0.5, 0.6) is 11.5 Å². The molecule has 0 heterocycles. The molecule has 0 aliphatic rings. The number of hydrogen-bond acceptors (Lipinski definition) is 3. The monoisotopic (exact) mass is 350 g/mol. The van der Waals surface area contributed by atoms with Gasteiger partial charge in [0.25, 0.3) is 0 Å². The van der Waals surface area contributed by atoms with E-state index < -0.39 is 9.84 Å². The maximum atomic E-state index is 13.0. The van der Waals surface area contributed by atoms with Crippen molar-refractivity contribution < 1.29 is 13.2 Å². The van der Waals surface area contributed by atoms with Gasteiger partial charge in [-0.05, 0) is 37.3 Å². The maximum Gasteiger partial charge on any atom is 0.210 e. The minimum Gasteiger partial charge on any atom is -0.455 e. The molecule has 0 aliphatic carbocycles. The smallest absolute Gasteiger partial charge is 0.210 e. The highest BCUT2D eigenvalue weighted by Gasteiger charge is 2.22. The first-order chi connectivity index (χ1) is 12.1. The molecule has 3 aromatic rings. The van der Waals surface area contributed by atoms with Gasteiger partial charge in [0, 0.05) is 5.56 Å². The van der Waals surface area contributed by atoms with Crippen LogP contribution in [0.4, 0.5) is 0 Å². The Morgan fingerprint density at radius 1 is 0.760 bits per heavy atom. The molecule has 0 aromatic heterocycles. The third-order valence-electron chi connectivity index (χ3n) is 3.68. The summed E-state index contributed by atoms with van der Waals surface area (Å²) in [5, 5.41) is 0. The van der Waals surface area contributed by atoms with Crippen LogP contribution in [0.15, 0.2) is 94.7 Å². The van der Waals surface area contributed by atoms with Crippen molar-refractivity contribution in [2.24, 2.45) is 0 Å². The molecule has 126 valence electrons. The summed E-state index contributed by atoms with van der Waals surface area (Å²) in [6.07, 6.45) is 3.83. The molecule has 0 unspecified atom stereocenters. The Labute approximate surface area is 148 Å². The van der Waals surface area contributed by atoms with Crippen molar-refractivity contribution in [3.63, 3.8) is 0 Å². The molecule has 25 heavy (non-hydrogen) atoms. The molecular weight excluding hydrogens is 332 g/mol. The van der Waals surface area contributed by atoms with Gasteiger partial charge in [-0.2, -0.15) is 0 Å². The van der Waals surface area contributed by atoms with E-state index >= 15 is 0 Å². The summed E-state index contributed by atoms with van der Waals surface area (Å²) in [6.45, 7) is 1.92. The van der Waals surface area contributed by atoms with E-state index in [2.05, 4.69) is 0 Å². The van der Waals surface area contributed by atoms with E-state index in [1.54, 1.807) is 54.6 Å². The zero-order chi connectivity index (χ0) is 17.7. The molecule has 0 spiro atoms. The standard InChI is InChI=1S/C21H18O3S/c1-2-10-17-11-6-7-14-19(17)24-20-15-8-9-16-21(20)25(22,23)18-12-4-3-5-13-18/h2-16H,1H3. The number of ether oxygens (including phenoxy) is 1. The van der Waals surface area contributed by atoms with Crippen molar-refractivity contribution in [2.75, 3.05) is 0 Å². The van der Waals surface area contributed by atoms with E-state index in [-0.39, 0.29) is 9.79 Å². The first kappa shape index (κ1) is 17.0. The highest BCUT2D eigenvalue weighted by atomic mass is 32.2. The Morgan fingerprint density at radius 2 is 1.36 bits per heavy atom. The van der Waals surface area contributed by atoms with Crippen LogP contribution in [-0.2, 0) is 9.84 Å². The lowest BCUT2D eigenvalue weighted by Gasteiger charge is -2.13. The molecule has 3 rings (SSSR count). The second kappa shape index (κ2) is 7.36. The molecule has 4 heteroatoms. The Morgan fingerprint density at radius 3 is 2.08 bits per heavy atom. The third-order valence-corrected chi connectivity index (χ3v) is 5.49. The van der Waals surface area contributed by atoms with Crippen LogP contribution in [0.25, 0.3) is 6.08 Å². The minimum atomic E-state index is -3.66. The van der Waals surface area contributed by atoms with Crippen molar-refractivity contribution in [1.29, 1.82) is 0 Å². The Hall–Kier alpha value is -2.85. The number of benzene rings is 3. The van der Waals surface area contributed by atoms with Gasteiger partial charge in [-0.3, -0.25) is 0 Å². The second-order valence-electron chi connectivity index (χ2n) is 5.40. The predicted octanol–water partition coefficient (Wildman–Crippen LogP) is 5.34. The lowest BCUT2D eigenvalue weighted by Crippen LogP contribution is -2.04. The fourth-order valence-corrected chi connectivity index (χ4v) is 3.89. The Bertz CT molecular complexity index is 990. The van der Waals surface area contributed by atoms with Gasteiger partial charge >= 0.3 is 0 Å². The molecule has 0 radical (unpaired) electrons. The van der Waals surface area contributed by atoms with Gasteiger partial charge in [0.15, 0.2) is 0 Å². The molecule has 0 fully saturated rings. The van der Waals surface area contributed by atoms with Crippen molar-refractivity contribution in [3.8, 4) is 11.5 Å². The molecule has 0 bridgehead atoms. The van der Waals surface area contributed by atoms with Crippen LogP contribution >= 0.6 is 0 Å². The largest absolute Gasteiger partial charge is 0.455 e. The van der Waals surface area contributed by atoms with Crippen LogP contribution < -0.4 is 4.74 Å². The van der Waals surface area contributed by atoms with E-state index in [0.717, 1.165) is 5.56 Å². The van der Waals surface area contributed by atoms with Gasteiger partial charge in [0.2, 0.25) is 9.84 Å². The molecule has 3 nitrogen and oxygen atoms in total. The molecule has 3 aromatic carbocycles. The Kier molecular flexibility index (Phi) is 5.00. The molecule has 0 saturated carbocycles. The second-order valence-corrected chi connectivity index (χ2v) is 7.32. The molecule has 0 amide bonds. The van der Waals surface area contributed by atoms with Crippen LogP contribution in [0.2, 0.25) is 0 Å². The molecular formula is C21H18O3S. The predicted molar refractivity (Wildman–Crippen MR) is 99.6 cm³/mol. The summed E-state index contributed by atoms with van der Waals surface area (Å²) in [4.78, 5) is 0.393. The summed E-state index contributed by atoms with van der Waals surface area (Å²) in [5.41, 5.74) is 0.886. The van der Waals surface area contributed by atoms with E-state index in [0.29, 0.717) is 11.5 Å². The van der Waals surface area contributed by atoms with Crippen molar-refractivity contribution in [2.45, 2.75) is 16.7 Å². The maximum absolute atomic E-state index is 13.0. The lowest BCUT2D eigenvalue weighted by molar-refractivity contribution is 0.466. The van der Waals surface area contributed by atoms with Gasteiger partial charge in [0.05, 0.1) is 4.90 Å². The van der Waals surface area contributed by atoms with E-state index in [9.17, 15) is 8.42 Å². The summed E-state index contributed by atoms with van der Waals surface area (Å²) in [5.74, 6) is 0.916. The van der Waals surface area contributed by atoms with Crippen molar-refractivity contribution >= 4 is 15.9 Å². The first-order valence-electron chi connectivity index (χ1n) is 7.91. The van der Waals surface area contributed by atoms with Crippen LogP contribution in [-0.4, -0.2) is 8.42 Å². The number of sulfone groups is 1. The minimum absolute atomic E-state index is 0.150. The fourth-order valence-electron chi connectivity index (χ4n) is 2.49. The van der Waals surface area contributed by atoms with E-state index in [1.807, 2.05) is 43.3 Å². The molecule has 0 atom stereocenters. The van der Waals surface area contributed by atoms with Crippen molar-refractivity contribution in [3.05, 3.63) is 90.5 Å². The first-order valence-corrected chi connectivity index (χ1v) is 9.40. The van der Waals surface area contributed by atoms with Gasteiger partial charge in [0.1, 0.15) is 16.4 Å². The van der Waals surface area contributed by atoms with Crippen LogP contribution in [0.3, 0.4) is 0 Å². The SMILES string of the molecule is CC=Cc1ccccc1Oc1ccccc1S(=O)(=O)c1ccccc1. The number of allylic oxidation sites excluding steroid dienone is 1. The highest BCUT2D eigenvalue weighted by Crippen LogP contribution is 2.34. The van der Waals surface area contributed by atoms with Crippen LogP contribution in [0, 0.1) is 0 Å². The molecule has 0 saturated heterocycles. The number of para-hydroxylation sites is 2. The van der Waals surface area contributed by atoms with E-state index in [1.165, 1.54) is 0 Å². The normalized spacial score (nSPS) is 11.6. The van der Waals surface area contributed by atoms with Gasteiger partial charge in [-0.25, -0.2) is 8.42 Å². The number of rotatable bonds is 5. The quantitative estimate of drug-likeness (QED) is 0.623. The third kappa shape index (κ3) is 3.64. The summed E-state index contributed by atoms with van der Waals surface area (Å²) in [7, 11) is -3.66. The average molecular weight is 350 g/mol. The van der Waals surface area contributed by atoms with E-state index in [4.69, 9.17) is 4.74 Å². The molecule has 0 N–H and O–H groups in total. The summed E-state index contributed by atoms with van der Waals surface area (Å²) < 4.78 is 31.9. The average Bonchev–Trinajstić information content (AvgIpc) is 2.65. The summed E-state index contributed by atoms with van der Waals surface area (Å²) in [6, 6.07) is 22.6. The van der Waals surface area contributed by atoms with Crippen molar-refractivity contribution in [1.82, 2.24) is 0 Å². The topological polar surface area (TPSA) is 43.4 Å². The molecule has 0 aliphatic heterocycles. The zero-order valence-electron chi connectivity index (χ0n) is 13.8. The van der Waals surface area contributed by atoms with Gasteiger partial charge in [-0.15, -0.1) is 0 Å². The van der Waals surface area contributed by atoms with Gasteiger partial charge in [-0.1, -0.05) is 60.7 Å². The fraction of sp³-hybridized carbons (Fsp3) is 0.0476. The lowest BCUT2D eigenvalue weighted by atomic mass is 10.2. The zero-order valence-corrected chi connectivity index (χ0v) is 14.6. The highest BCUT2D eigenvalue weighted by molar-refractivity contribution is 7.91. The number of hydrogen-bond donors (Lipinski definition) is 0. The Balaban J connectivity index is 2.06.